The first-order valence-electron chi connectivity index (χ1n) is 4.41. The summed E-state index contributed by atoms with van der Waals surface area (Å²) in [5, 5.41) is 0.303. The van der Waals surface area contributed by atoms with Crippen LogP contribution in [0.1, 0.15) is 20.3 Å². The molecule has 0 radical (unpaired) electrons. The van der Waals surface area contributed by atoms with E-state index >= 15 is 0 Å². The summed E-state index contributed by atoms with van der Waals surface area (Å²) in [6.07, 6.45) is 0.471. The van der Waals surface area contributed by atoms with Gasteiger partial charge in [0, 0.05) is 11.7 Å². The van der Waals surface area contributed by atoms with E-state index in [1.54, 1.807) is 11.8 Å². The standard InChI is InChI=1S/C8H19N3OS/c1-6(4-9)5-13-7(2)3-8(12)11-10/h6-7H,3-5,9-10H2,1-2H3,(H,11,12). The summed E-state index contributed by atoms with van der Waals surface area (Å²) in [7, 11) is 0. The highest BCUT2D eigenvalue weighted by Crippen LogP contribution is 2.16. The van der Waals surface area contributed by atoms with Crippen LogP contribution in [0.25, 0.3) is 0 Å². The Bertz CT molecular complexity index is 154. The van der Waals surface area contributed by atoms with E-state index in [1.807, 2.05) is 6.92 Å². The number of hydrogen-bond acceptors (Lipinski definition) is 4. The summed E-state index contributed by atoms with van der Waals surface area (Å²) < 4.78 is 0. The first kappa shape index (κ1) is 12.7. The lowest BCUT2D eigenvalue weighted by molar-refractivity contribution is -0.121. The van der Waals surface area contributed by atoms with Gasteiger partial charge in [-0.2, -0.15) is 11.8 Å². The molecule has 0 heterocycles. The molecule has 0 aromatic heterocycles. The summed E-state index contributed by atoms with van der Waals surface area (Å²) >= 11 is 1.76. The number of nitrogens with two attached hydrogens (primary N) is 2. The van der Waals surface area contributed by atoms with E-state index < -0.39 is 0 Å². The van der Waals surface area contributed by atoms with Gasteiger partial charge in [-0.1, -0.05) is 13.8 Å². The highest BCUT2D eigenvalue weighted by molar-refractivity contribution is 7.99. The van der Waals surface area contributed by atoms with Crippen molar-refractivity contribution < 1.29 is 4.79 Å². The van der Waals surface area contributed by atoms with E-state index in [1.165, 1.54) is 0 Å². The molecule has 0 fully saturated rings. The zero-order valence-corrected chi connectivity index (χ0v) is 9.06. The third-order valence-corrected chi connectivity index (χ3v) is 3.20. The zero-order chi connectivity index (χ0) is 10.3. The molecule has 0 bridgehead atoms. The lowest BCUT2D eigenvalue weighted by Gasteiger charge is -2.12. The van der Waals surface area contributed by atoms with Crippen molar-refractivity contribution in [2.75, 3.05) is 12.3 Å². The molecular weight excluding hydrogens is 186 g/mol. The monoisotopic (exact) mass is 205 g/mol. The molecule has 5 N–H and O–H groups in total. The van der Waals surface area contributed by atoms with E-state index in [0.29, 0.717) is 24.1 Å². The Morgan fingerprint density at radius 3 is 2.62 bits per heavy atom. The number of carbonyl (C=O) groups excluding carboxylic acids is 1. The quantitative estimate of drug-likeness (QED) is 0.326. The smallest absolute Gasteiger partial charge is 0.234 e. The maximum Gasteiger partial charge on any atom is 0.234 e. The van der Waals surface area contributed by atoms with Crippen LogP contribution in [0.15, 0.2) is 0 Å². The largest absolute Gasteiger partial charge is 0.330 e. The fraction of sp³-hybridized carbons (Fsp3) is 0.875. The van der Waals surface area contributed by atoms with Gasteiger partial charge in [-0.15, -0.1) is 0 Å². The minimum absolute atomic E-state index is 0.111. The highest BCUT2D eigenvalue weighted by atomic mass is 32.2. The Kier molecular flexibility index (Phi) is 7.03. The van der Waals surface area contributed by atoms with Crippen molar-refractivity contribution in [1.82, 2.24) is 5.43 Å². The Morgan fingerprint density at radius 2 is 2.15 bits per heavy atom. The summed E-state index contributed by atoms with van der Waals surface area (Å²) in [4.78, 5) is 10.9. The Morgan fingerprint density at radius 1 is 1.54 bits per heavy atom. The van der Waals surface area contributed by atoms with Gasteiger partial charge in [-0.25, -0.2) is 5.84 Å². The SMILES string of the molecule is CC(CN)CSC(C)CC(=O)NN. The van der Waals surface area contributed by atoms with Gasteiger partial charge in [0.05, 0.1) is 0 Å². The summed E-state index contributed by atoms with van der Waals surface area (Å²) in [5.74, 6) is 6.37. The summed E-state index contributed by atoms with van der Waals surface area (Å²) in [6.45, 7) is 4.81. The lowest BCUT2D eigenvalue weighted by Crippen LogP contribution is -2.31. The minimum atomic E-state index is -0.111. The fourth-order valence-electron chi connectivity index (χ4n) is 0.776. The molecule has 4 nitrogen and oxygen atoms in total. The van der Waals surface area contributed by atoms with Gasteiger partial charge in [0.1, 0.15) is 0 Å². The number of carbonyl (C=O) groups is 1. The minimum Gasteiger partial charge on any atom is -0.330 e. The second-order valence-corrected chi connectivity index (χ2v) is 4.73. The second kappa shape index (κ2) is 7.17. The first-order valence-corrected chi connectivity index (χ1v) is 5.46. The second-order valence-electron chi connectivity index (χ2n) is 3.26. The van der Waals surface area contributed by atoms with E-state index in [9.17, 15) is 4.79 Å². The van der Waals surface area contributed by atoms with E-state index in [2.05, 4.69) is 12.3 Å². The van der Waals surface area contributed by atoms with Crippen molar-refractivity contribution in [3.8, 4) is 0 Å². The van der Waals surface area contributed by atoms with Crippen LogP contribution in [-0.2, 0) is 4.79 Å². The summed E-state index contributed by atoms with van der Waals surface area (Å²) in [5.41, 5.74) is 7.59. The van der Waals surface area contributed by atoms with E-state index in [-0.39, 0.29) is 5.91 Å². The molecule has 5 heteroatoms. The molecule has 0 spiro atoms. The van der Waals surface area contributed by atoms with Crippen LogP contribution in [0.4, 0.5) is 0 Å². The Labute approximate surface area is 83.8 Å². The van der Waals surface area contributed by atoms with E-state index in [4.69, 9.17) is 11.6 Å². The molecule has 0 rings (SSSR count). The topological polar surface area (TPSA) is 81.1 Å². The number of rotatable bonds is 6. The van der Waals surface area contributed by atoms with Crippen LogP contribution in [0.3, 0.4) is 0 Å². The van der Waals surface area contributed by atoms with Crippen molar-refractivity contribution in [2.45, 2.75) is 25.5 Å². The molecule has 2 unspecified atom stereocenters. The van der Waals surface area contributed by atoms with E-state index in [0.717, 1.165) is 5.75 Å². The van der Waals surface area contributed by atoms with Gasteiger partial charge in [-0.3, -0.25) is 10.2 Å². The van der Waals surface area contributed by atoms with Crippen LogP contribution < -0.4 is 17.0 Å². The van der Waals surface area contributed by atoms with Gasteiger partial charge >= 0.3 is 0 Å². The molecule has 78 valence electrons. The number of amides is 1. The predicted molar refractivity (Wildman–Crippen MR) is 57.1 cm³/mol. The summed E-state index contributed by atoms with van der Waals surface area (Å²) in [6, 6.07) is 0. The molecule has 1 amide bonds. The Hall–Kier alpha value is -0.260. The van der Waals surface area contributed by atoms with Gasteiger partial charge in [0.2, 0.25) is 5.91 Å². The van der Waals surface area contributed by atoms with Crippen LogP contribution in [-0.4, -0.2) is 23.5 Å². The van der Waals surface area contributed by atoms with Crippen molar-refractivity contribution in [3.63, 3.8) is 0 Å². The first-order chi connectivity index (χ1) is 6.10. The zero-order valence-electron chi connectivity index (χ0n) is 8.25. The van der Waals surface area contributed by atoms with Crippen LogP contribution >= 0.6 is 11.8 Å². The van der Waals surface area contributed by atoms with Crippen molar-refractivity contribution in [3.05, 3.63) is 0 Å². The Balaban J connectivity index is 3.50. The molecule has 0 aliphatic rings. The normalized spacial score (nSPS) is 15.1. The van der Waals surface area contributed by atoms with Gasteiger partial charge in [0.15, 0.2) is 0 Å². The van der Waals surface area contributed by atoms with Crippen molar-refractivity contribution in [2.24, 2.45) is 17.5 Å². The lowest BCUT2D eigenvalue weighted by atomic mass is 10.2. The molecular formula is C8H19N3OS. The molecule has 0 saturated carbocycles. The number of nitrogens with one attached hydrogen (secondary N) is 1. The maximum atomic E-state index is 10.9. The molecule has 13 heavy (non-hydrogen) atoms. The number of thioether (sulfide) groups is 1. The van der Waals surface area contributed by atoms with Gasteiger partial charge in [-0.05, 0) is 18.2 Å². The van der Waals surface area contributed by atoms with Crippen LogP contribution in [0.5, 0.6) is 0 Å². The molecule has 0 aromatic carbocycles. The predicted octanol–water partition coefficient (Wildman–Crippen LogP) is 0.0829. The van der Waals surface area contributed by atoms with Crippen molar-refractivity contribution in [1.29, 1.82) is 0 Å². The molecule has 0 aliphatic heterocycles. The van der Waals surface area contributed by atoms with Gasteiger partial charge < -0.3 is 5.73 Å². The fourth-order valence-corrected chi connectivity index (χ4v) is 1.84. The average Bonchev–Trinajstić information content (AvgIpc) is 2.13. The van der Waals surface area contributed by atoms with Crippen molar-refractivity contribution >= 4 is 17.7 Å². The average molecular weight is 205 g/mol. The molecule has 2 atom stereocenters. The molecule has 0 aromatic rings. The highest BCUT2D eigenvalue weighted by Gasteiger charge is 2.09. The van der Waals surface area contributed by atoms with Crippen LogP contribution in [0.2, 0.25) is 0 Å². The number of hydrazine groups is 1. The van der Waals surface area contributed by atoms with Gasteiger partial charge in [0.25, 0.3) is 0 Å². The third-order valence-electron chi connectivity index (χ3n) is 1.70. The number of hydrogen-bond donors (Lipinski definition) is 3. The van der Waals surface area contributed by atoms with Crippen LogP contribution in [0, 0.1) is 5.92 Å². The third kappa shape index (κ3) is 6.86. The maximum absolute atomic E-state index is 10.9. The molecule has 0 saturated heterocycles. The molecule has 0 aliphatic carbocycles.